The highest BCUT2D eigenvalue weighted by Crippen LogP contribution is 2.58. The number of hydrogen-bond acceptors (Lipinski definition) is 1. The number of fused-ring (bicyclic) bond motifs is 10. The van der Waals surface area contributed by atoms with E-state index in [1.54, 1.807) is 0 Å². The molecule has 2 heteroatoms. The molecule has 0 amide bonds. The lowest BCUT2D eigenvalue weighted by molar-refractivity contribution is 0.660. The highest BCUT2D eigenvalue weighted by molar-refractivity contribution is 6.10. The molecule has 0 unspecified atom stereocenters. The van der Waals surface area contributed by atoms with Crippen molar-refractivity contribution in [1.29, 1.82) is 0 Å². The van der Waals surface area contributed by atoms with Gasteiger partial charge in [-0.1, -0.05) is 173 Å². The molecular formula is C58H44N2. The van der Waals surface area contributed by atoms with Gasteiger partial charge < -0.3 is 9.47 Å². The minimum atomic E-state index is -0.118. The third-order valence-corrected chi connectivity index (χ3v) is 13.8. The summed E-state index contributed by atoms with van der Waals surface area (Å²) in [6.07, 6.45) is 0. The molecule has 10 aromatic rings. The van der Waals surface area contributed by atoms with Crippen molar-refractivity contribution >= 4 is 49.6 Å². The molecule has 2 aliphatic carbocycles. The molecule has 286 valence electrons. The van der Waals surface area contributed by atoms with Crippen LogP contribution in [0.2, 0.25) is 0 Å². The Hall–Kier alpha value is -7.16. The van der Waals surface area contributed by atoms with Crippen LogP contribution in [0.3, 0.4) is 0 Å². The molecule has 12 rings (SSSR count). The van der Waals surface area contributed by atoms with Gasteiger partial charge in [-0.2, -0.15) is 0 Å². The molecule has 0 fully saturated rings. The van der Waals surface area contributed by atoms with E-state index in [1.165, 1.54) is 99.6 Å². The van der Waals surface area contributed by atoms with Crippen LogP contribution in [0.25, 0.3) is 71.6 Å². The second kappa shape index (κ2) is 12.7. The molecule has 0 bridgehead atoms. The topological polar surface area (TPSA) is 8.17 Å². The Labute approximate surface area is 351 Å². The zero-order chi connectivity index (χ0) is 40.3. The summed E-state index contributed by atoms with van der Waals surface area (Å²) in [5.74, 6) is 0. The largest absolute Gasteiger partial charge is 0.309 e. The van der Waals surface area contributed by atoms with Crippen LogP contribution in [0.5, 0.6) is 0 Å². The predicted octanol–water partition coefficient (Wildman–Crippen LogP) is 15.7. The first kappa shape index (κ1) is 34.8. The van der Waals surface area contributed by atoms with Gasteiger partial charge in [0, 0.05) is 44.1 Å². The van der Waals surface area contributed by atoms with E-state index in [0.29, 0.717) is 0 Å². The Morgan fingerprint density at radius 2 is 0.850 bits per heavy atom. The van der Waals surface area contributed by atoms with E-state index in [-0.39, 0.29) is 10.8 Å². The van der Waals surface area contributed by atoms with E-state index in [9.17, 15) is 0 Å². The Balaban J connectivity index is 1.08. The molecule has 0 saturated heterocycles. The first-order valence-corrected chi connectivity index (χ1v) is 21.2. The van der Waals surface area contributed by atoms with Crippen molar-refractivity contribution < 1.29 is 0 Å². The van der Waals surface area contributed by atoms with Gasteiger partial charge in [-0.05, 0) is 104 Å². The number of para-hydroxylation sites is 2. The molecule has 9 aromatic carbocycles. The summed E-state index contributed by atoms with van der Waals surface area (Å²) in [5, 5.41) is 5.00. The maximum Gasteiger partial charge on any atom is 0.0543 e. The van der Waals surface area contributed by atoms with Crippen molar-refractivity contribution in [2.45, 2.75) is 38.5 Å². The van der Waals surface area contributed by atoms with E-state index in [2.05, 4.69) is 231 Å². The normalized spacial score (nSPS) is 14.3. The van der Waals surface area contributed by atoms with Gasteiger partial charge in [0.15, 0.2) is 0 Å². The number of hydrogen-bond donors (Lipinski definition) is 0. The van der Waals surface area contributed by atoms with Crippen LogP contribution in [-0.4, -0.2) is 4.57 Å². The Kier molecular flexibility index (Phi) is 7.36. The molecule has 0 saturated carbocycles. The lowest BCUT2D eigenvalue weighted by atomic mass is 9.82. The third-order valence-electron chi connectivity index (χ3n) is 13.8. The maximum absolute atomic E-state index is 2.55. The zero-order valence-electron chi connectivity index (χ0n) is 34.4. The Bertz CT molecular complexity index is 3220. The predicted molar refractivity (Wildman–Crippen MR) is 254 cm³/mol. The summed E-state index contributed by atoms with van der Waals surface area (Å²) < 4.78 is 2.43. The second-order valence-corrected chi connectivity index (χ2v) is 17.7. The van der Waals surface area contributed by atoms with Crippen molar-refractivity contribution in [2.24, 2.45) is 0 Å². The standard InChI is InChI=1S/C58H44N2/c1-57(2)47-23-11-7-21-44(47)55-49(57)25-15-29-53(55)59(54-30-16-26-50-56(54)45-22-8-12-24-48(45)58(50,3)4)39-33-31-37(32-34-39)46-36-40(35-38-17-5-6-18-41(38)46)60-51-27-13-9-19-42(51)43-20-10-14-28-52(43)60/h5-36H,1-4H3. The monoisotopic (exact) mass is 768 g/mol. The van der Waals surface area contributed by atoms with Crippen molar-refractivity contribution in [3.8, 4) is 39.1 Å². The summed E-state index contributed by atoms with van der Waals surface area (Å²) in [6.45, 7) is 9.49. The van der Waals surface area contributed by atoms with Crippen molar-refractivity contribution in [1.82, 2.24) is 4.57 Å². The van der Waals surface area contributed by atoms with Crippen molar-refractivity contribution in [3.63, 3.8) is 0 Å². The van der Waals surface area contributed by atoms with Crippen molar-refractivity contribution in [3.05, 3.63) is 216 Å². The molecule has 0 atom stereocenters. The number of anilines is 3. The van der Waals surface area contributed by atoms with Gasteiger partial charge in [-0.25, -0.2) is 0 Å². The molecule has 0 spiro atoms. The van der Waals surface area contributed by atoms with Gasteiger partial charge in [0.05, 0.1) is 22.4 Å². The highest BCUT2D eigenvalue weighted by Gasteiger charge is 2.40. The molecule has 0 aliphatic heterocycles. The molecule has 2 aliphatic rings. The average molecular weight is 769 g/mol. The smallest absolute Gasteiger partial charge is 0.0543 e. The van der Waals surface area contributed by atoms with Crippen LogP contribution < -0.4 is 4.90 Å². The van der Waals surface area contributed by atoms with E-state index in [4.69, 9.17) is 0 Å². The van der Waals surface area contributed by atoms with Crippen LogP contribution in [0.4, 0.5) is 17.1 Å². The quantitative estimate of drug-likeness (QED) is 0.169. The van der Waals surface area contributed by atoms with Gasteiger partial charge in [-0.3, -0.25) is 0 Å². The molecule has 2 nitrogen and oxygen atoms in total. The van der Waals surface area contributed by atoms with E-state index < -0.39 is 0 Å². The van der Waals surface area contributed by atoms with Gasteiger partial charge in [0.2, 0.25) is 0 Å². The molecule has 0 radical (unpaired) electrons. The maximum atomic E-state index is 2.55. The molecular weight excluding hydrogens is 725 g/mol. The van der Waals surface area contributed by atoms with Gasteiger partial charge in [0.1, 0.15) is 0 Å². The Morgan fingerprint density at radius 1 is 0.383 bits per heavy atom. The SMILES string of the molecule is CC1(C)c2ccccc2-c2c(N(c3ccc(-c4cc(-n5c6ccccc6c6ccccc65)cc5ccccc45)cc3)c3cccc4c3-c3ccccc3C4(C)C)cccc21. The minimum Gasteiger partial charge on any atom is -0.309 e. The Morgan fingerprint density at radius 3 is 1.42 bits per heavy atom. The highest BCUT2D eigenvalue weighted by atomic mass is 15.1. The summed E-state index contributed by atoms with van der Waals surface area (Å²) in [7, 11) is 0. The van der Waals surface area contributed by atoms with Crippen LogP contribution in [0.1, 0.15) is 49.9 Å². The van der Waals surface area contributed by atoms with Gasteiger partial charge in [-0.15, -0.1) is 0 Å². The summed E-state index contributed by atoms with van der Waals surface area (Å²) in [4.78, 5) is 2.55. The van der Waals surface area contributed by atoms with Gasteiger partial charge >= 0.3 is 0 Å². The van der Waals surface area contributed by atoms with Crippen LogP contribution in [-0.2, 0) is 10.8 Å². The fraction of sp³-hybridized carbons (Fsp3) is 0.103. The van der Waals surface area contributed by atoms with Gasteiger partial charge in [0.25, 0.3) is 0 Å². The lowest BCUT2D eigenvalue weighted by Crippen LogP contribution is -2.17. The average Bonchev–Trinajstić information content (AvgIpc) is 3.84. The molecule has 1 heterocycles. The number of benzene rings is 9. The lowest BCUT2D eigenvalue weighted by Gasteiger charge is -2.31. The first-order chi connectivity index (χ1) is 29.3. The third kappa shape index (κ3) is 4.82. The first-order valence-electron chi connectivity index (χ1n) is 21.2. The van der Waals surface area contributed by atoms with Crippen molar-refractivity contribution in [2.75, 3.05) is 4.90 Å². The molecule has 60 heavy (non-hydrogen) atoms. The zero-order valence-corrected chi connectivity index (χ0v) is 34.4. The molecule has 1 aromatic heterocycles. The van der Waals surface area contributed by atoms with Crippen LogP contribution in [0, 0.1) is 0 Å². The van der Waals surface area contributed by atoms with Crippen LogP contribution >= 0.6 is 0 Å². The summed E-state index contributed by atoms with van der Waals surface area (Å²) >= 11 is 0. The fourth-order valence-electron chi connectivity index (χ4n) is 10.9. The van der Waals surface area contributed by atoms with E-state index in [1.807, 2.05) is 0 Å². The number of aromatic nitrogens is 1. The van der Waals surface area contributed by atoms with Crippen LogP contribution in [0.15, 0.2) is 194 Å². The minimum absolute atomic E-state index is 0.118. The van der Waals surface area contributed by atoms with E-state index >= 15 is 0 Å². The number of nitrogens with zero attached hydrogens (tertiary/aromatic N) is 2. The summed E-state index contributed by atoms with van der Waals surface area (Å²) in [6, 6.07) is 72.3. The molecule has 0 N–H and O–H groups in total. The summed E-state index contributed by atoms with van der Waals surface area (Å²) in [5.41, 5.74) is 20.0. The van der Waals surface area contributed by atoms with E-state index in [0.717, 1.165) is 11.4 Å². The fourth-order valence-corrected chi connectivity index (χ4v) is 10.9. The number of rotatable bonds is 5. The second-order valence-electron chi connectivity index (χ2n) is 17.7.